The van der Waals surface area contributed by atoms with Crippen molar-refractivity contribution in [3.05, 3.63) is 0 Å². The fourth-order valence-electron chi connectivity index (χ4n) is 3.33. The molecule has 2 saturated heterocycles. The summed E-state index contributed by atoms with van der Waals surface area (Å²) in [6.07, 6.45) is 1.72. The molecule has 128 valence electrons. The third-order valence-electron chi connectivity index (χ3n) is 4.63. The van der Waals surface area contributed by atoms with Gasteiger partial charge in [0.25, 0.3) is 0 Å². The maximum atomic E-state index is 12.3. The molecule has 0 aromatic rings. The second-order valence-electron chi connectivity index (χ2n) is 7.38. The van der Waals surface area contributed by atoms with Gasteiger partial charge in [-0.15, -0.1) is 0 Å². The number of β-amino-alcohol motifs (C(OH)–C–C–N with tert-alkyl or cyclic N) is 1. The first-order chi connectivity index (χ1) is 10.3. The summed E-state index contributed by atoms with van der Waals surface area (Å²) in [5, 5.41) is 12.7. The van der Waals surface area contributed by atoms with Gasteiger partial charge in [0.15, 0.2) is 0 Å². The predicted octanol–water partition coefficient (Wildman–Crippen LogP) is 1.04. The molecule has 0 spiro atoms. The standard InChI is InChI=1S/C16H31N3O3/c1-12-8-19(9-13(2)22-12)16(3,4)11-17-15(21)18-7-5-6-14(20)10-18/h12-14,20H,5-11H2,1-4H3,(H,17,21)/t12-,13+,14-/m1/s1. The van der Waals surface area contributed by atoms with Crippen molar-refractivity contribution in [1.82, 2.24) is 15.1 Å². The second kappa shape index (κ2) is 7.15. The fraction of sp³-hybridized carbons (Fsp3) is 0.938. The van der Waals surface area contributed by atoms with E-state index in [1.54, 1.807) is 4.90 Å². The van der Waals surface area contributed by atoms with Crippen LogP contribution in [-0.4, -0.2) is 77.5 Å². The first kappa shape index (κ1) is 17.5. The number of rotatable bonds is 3. The summed E-state index contributed by atoms with van der Waals surface area (Å²) < 4.78 is 5.78. The van der Waals surface area contributed by atoms with Crippen LogP contribution in [0.1, 0.15) is 40.5 Å². The monoisotopic (exact) mass is 313 g/mol. The van der Waals surface area contributed by atoms with Gasteiger partial charge in [0.1, 0.15) is 0 Å². The van der Waals surface area contributed by atoms with Crippen molar-refractivity contribution in [1.29, 1.82) is 0 Å². The minimum atomic E-state index is -0.381. The molecule has 2 N–H and O–H groups in total. The Morgan fingerprint density at radius 2 is 1.91 bits per heavy atom. The van der Waals surface area contributed by atoms with E-state index in [4.69, 9.17) is 4.74 Å². The number of hydrogen-bond donors (Lipinski definition) is 2. The number of morpholine rings is 1. The zero-order valence-corrected chi connectivity index (χ0v) is 14.3. The van der Waals surface area contributed by atoms with Crippen LogP contribution in [0.2, 0.25) is 0 Å². The number of nitrogens with zero attached hydrogens (tertiary/aromatic N) is 2. The quantitative estimate of drug-likeness (QED) is 0.817. The number of urea groups is 1. The van der Waals surface area contributed by atoms with E-state index >= 15 is 0 Å². The SMILES string of the molecule is C[C@@H]1CN(C(C)(C)CNC(=O)N2CCC[C@@H](O)C2)C[C@H](C)O1. The molecule has 3 atom stereocenters. The topological polar surface area (TPSA) is 65.0 Å². The number of aliphatic hydroxyl groups is 1. The van der Waals surface area contributed by atoms with Gasteiger partial charge in [-0.05, 0) is 40.5 Å². The molecular weight excluding hydrogens is 282 g/mol. The Hall–Kier alpha value is -0.850. The lowest BCUT2D eigenvalue weighted by Crippen LogP contribution is -2.59. The van der Waals surface area contributed by atoms with Crippen LogP contribution in [-0.2, 0) is 4.74 Å². The number of aliphatic hydroxyl groups excluding tert-OH is 1. The minimum Gasteiger partial charge on any atom is -0.391 e. The molecule has 0 unspecified atom stereocenters. The molecule has 0 aromatic carbocycles. The summed E-state index contributed by atoms with van der Waals surface area (Å²) in [5.74, 6) is 0. The van der Waals surface area contributed by atoms with E-state index in [1.807, 2.05) is 0 Å². The van der Waals surface area contributed by atoms with Crippen LogP contribution in [0.5, 0.6) is 0 Å². The Morgan fingerprint density at radius 1 is 1.27 bits per heavy atom. The molecule has 2 heterocycles. The molecule has 22 heavy (non-hydrogen) atoms. The van der Waals surface area contributed by atoms with Crippen LogP contribution in [0.25, 0.3) is 0 Å². The van der Waals surface area contributed by atoms with Crippen molar-refractivity contribution < 1.29 is 14.6 Å². The maximum Gasteiger partial charge on any atom is 0.317 e. The number of hydrogen-bond acceptors (Lipinski definition) is 4. The molecular formula is C16H31N3O3. The Bertz CT molecular complexity index is 379. The van der Waals surface area contributed by atoms with Gasteiger partial charge in [-0.1, -0.05) is 0 Å². The average Bonchev–Trinajstić information content (AvgIpc) is 2.44. The van der Waals surface area contributed by atoms with Gasteiger partial charge in [-0.2, -0.15) is 0 Å². The summed E-state index contributed by atoms with van der Waals surface area (Å²) in [5.41, 5.74) is -0.115. The van der Waals surface area contributed by atoms with Crippen molar-refractivity contribution in [2.24, 2.45) is 0 Å². The predicted molar refractivity (Wildman–Crippen MR) is 85.9 cm³/mol. The van der Waals surface area contributed by atoms with E-state index in [9.17, 15) is 9.90 Å². The molecule has 2 aliphatic rings. The molecule has 0 saturated carbocycles. The van der Waals surface area contributed by atoms with E-state index in [0.29, 0.717) is 13.1 Å². The molecule has 0 aliphatic carbocycles. The van der Waals surface area contributed by atoms with Crippen LogP contribution in [0, 0.1) is 0 Å². The molecule has 2 fully saturated rings. The van der Waals surface area contributed by atoms with Crippen molar-refractivity contribution in [3.63, 3.8) is 0 Å². The Labute approximate surface area is 133 Å². The molecule has 0 bridgehead atoms. The minimum absolute atomic E-state index is 0.0684. The molecule has 2 aliphatic heterocycles. The van der Waals surface area contributed by atoms with Gasteiger partial charge in [0, 0.05) is 38.3 Å². The number of carbonyl (C=O) groups is 1. The summed E-state index contributed by atoms with van der Waals surface area (Å²) in [7, 11) is 0. The van der Waals surface area contributed by atoms with Crippen LogP contribution >= 0.6 is 0 Å². The van der Waals surface area contributed by atoms with Crippen LogP contribution in [0.4, 0.5) is 4.79 Å². The Kier molecular flexibility index (Phi) is 5.69. The van der Waals surface area contributed by atoms with Gasteiger partial charge >= 0.3 is 6.03 Å². The lowest BCUT2D eigenvalue weighted by molar-refractivity contribution is -0.0949. The van der Waals surface area contributed by atoms with Gasteiger partial charge in [-0.3, -0.25) is 4.90 Å². The highest BCUT2D eigenvalue weighted by Gasteiger charge is 2.34. The normalized spacial score (nSPS) is 31.1. The molecule has 2 rings (SSSR count). The number of nitrogens with one attached hydrogen (secondary N) is 1. The Morgan fingerprint density at radius 3 is 2.50 bits per heavy atom. The van der Waals surface area contributed by atoms with Crippen molar-refractivity contribution in [2.45, 2.75) is 64.4 Å². The summed E-state index contributed by atoms with van der Waals surface area (Å²) >= 11 is 0. The lowest BCUT2D eigenvalue weighted by atomic mass is 10.00. The largest absolute Gasteiger partial charge is 0.391 e. The Balaban J connectivity index is 1.84. The van der Waals surface area contributed by atoms with E-state index in [1.165, 1.54) is 0 Å². The third kappa shape index (κ3) is 4.57. The van der Waals surface area contributed by atoms with E-state index in [2.05, 4.69) is 37.9 Å². The second-order valence-corrected chi connectivity index (χ2v) is 7.38. The highest BCUT2D eigenvalue weighted by Crippen LogP contribution is 2.21. The van der Waals surface area contributed by atoms with Gasteiger partial charge < -0.3 is 20.1 Å². The number of carbonyl (C=O) groups excluding carboxylic acids is 1. The van der Waals surface area contributed by atoms with Gasteiger partial charge in [0.05, 0.1) is 18.3 Å². The van der Waals surface area contributed by atoms with E-state index in [-0.39, 0.29) is 29.9 Å². The first-order valence-corrected chi connectivity index (χ1v) is 8.39. The summed E-state index contributed by atoms with van der Waals surface area (Å²) in [6.45, 7) is 12.0. The van der Waals surface area contributed by atoms with Crippen LogP contribution in [0.15, 0.2) is 0 Å². The number of ether oxygens (including phenoxy) is 1. The van der Waals surface area contributed by atoms with Crippen LogP contribution < -0.4 is 5.32 Å². The van der Waals surface area contributed by atoms with E-state index < -0.39 is 0 Å². The van der Waals surface area contributed by atoms with Gasteiger partial charge in [-0.25, -0.2) is 4.79 Å². The highest BCUT2D eigenvalue weighted by atomic mass is 16.5. The molecule has 0 radical (unpaired) electrons. The number of piperidine rings is 1. The zero-order chi connectivity index (χ0) is 16.3. The summed E-state index contributed by atoms with van der Waals surface area (Å²) in [6, 6.07) is -0.0684. The number of amides is 2. The van der Waals surface area contributed by atoms with Crippen molar-refractivity contribution >= 4 is 6.03 Å². The van der Waals surface area contributed by atoms with Crippen molar-refractivity contribution in [2.75, 3.05) is 32.7 Å². The zero-order valence-electron chi connectivity index (χ0n) is 14.3. The molecule has 0 aromatic heterocycles. The van der Waals surface area contributed by atoms with Gasteiger partial charge in [0.2, 0.25) is 0 Å². The fourth-order valence-corrected chi connectivity index (χ4v) is 3.33. The van der Waals surface area contributed by atoms with E-state index in [0.717, 1.165) is 32.5 Å². The first-order valence-electron chi connectivity index (χ1n) is 8.39. The third-order valence-corrected chi connectivity index (χ3v) is 4.63. The van der Waals surface area contributed by atoms with Crippen molar-refractivity contribution in [3.8, 4) is 0 Å². The molecule has 6 heteroatoms. The van der Waals surface area contributed by atoms with Crippen LogP contribution in [0.3, 0.4) is 0 Å². The molecule has 2 amide bonds. The smallest absolute Gasteiger partial charge is 0.317 e. The maximum absolute atomic E-state index is 12.3. The summed E-state index contributed by atoms with van der Waals surface area (Å²) in [4.78, 5) is 16.4. The number of likely N-dealkylation sites (tertiary alicyclic amines) is 1. The average molecular weight is 313 g/mol. The lowest BCUT2D eigenvalue weighted by Gasteiger charge is -2.45. The highest BCUT2D eigenvalue weighted by molar-refractivity contribution is 5.74. The molecule has 6 nitrogen and oxygen atoms in total.